The summed E-state index contributed by atoms with van der Waals surface area (Å²) in [5, 5.41) is 0. The Hall–Kier alpha value is -2.80. The molecule has 1 fully saturated rings. The molecule has 136 valence electrons. The van der Waals surface area contributed by atoms with E-state index >= 15 is 0 Å². The van der Waals surface area contributed by atoms with Crippen LogP contribution in [0.2, 0.25) is 0 Å². The summed E-state index contributed by atoms with van der Waals surface area (Å²) in [5.74, 6) is 0.566. The molecule has 0 aliphatic carbocycles. The molecular weight excluding hydrogens is 332 g/mol. The number of fused-ring (bicyclic) bond motifs is 1. The summed E-state index contributed by atoms with van der Waals surface area (Å²) in [4.78, 5) is 20.8. The summed E-state index contributed by atoms with van der Waals surface area (Å²) in [5.41, 5.74) is 2.29. The number of anilines is 1. The summed E-state index contributed by atoms with van der Waals surface area (Å²) in [6.45, 7) is 5.17. The second kappa shape index (κ2) is 7.21. The first-order chi connectivity index (χ1) is 12.8. The van der Waals surface area contributed by atoms with E-state index in [0.29, 0.717) is 12.3 Å². The second-order valence-corrected chi connectivity index (χ2v) is 6.35. The zero-order chi connectivity index (χ0) is 17.9. The van der Waals surface area contributed by atoms with E-state index in [-0.39, 0.29) is 5.76 Å². The fourth-order valence-electron chi connectivity index (χ4n) is 3.46. The largest absolute Gasteiger partial charge is 0.495 e. The van der Waals surface area contributed by atoms with Crippen LogP contribution in [-0.2, 0) is 6.54 Å². The molecule has 0 radical (unpaired) electrons. The van der Waals surface area contributed by atoms with Crippen molar-refractivity contribution < 1.29 is 9.15 Å². The van der Waals surface area contributed by atoms with Gasteiger partial charge in [0.2, 0.25) is 5.71 Å². The Labute approximate surface area is 151 Å². The molecule has 2 aromatic heterocycles. The van der Waals surface area contributed by atoms with Crippen molar-refractivity contribution in [3.8, 4) is 5.75 Å². The van der Waals surface area contributed by atoms with E-state index in [1.54, 1.807) is 17.9 Å². The minimum Gasteiger partial charge on any atom is -0.495 e. The third-order valence-corrected chi connectivity index (χ3v) is 4.88. The number of piperazine rings is 1. The van der Waals surface area contributed by atoms with Crippen LogP contribution in [-0.4, -0.2) is 54.3 Å². The van der Waals surface area contributed by atoms with Crippen molar-refractivity contribution in [3.05, 3.63) is 53.1 Å². The molecule has 1 aromatic carbocycles. The van der Waals surface area contributed by atoms with Crippen molar-refractivity contribution in [2.45, 2.75) is 6.54 Å². The van der Waals surface area contributed by atoms with Gasteiger partial charge in [-0.15, -0.1) is 0 Å². The van der Waals surface area contributed by atoms with Crippen LogP contribution in [0.5, 0.6) is 5.75 Å². The minimum atomic E-state index is -0.341. The summed E-state index contributed by atoms with van der Waals surface area (Å²) in [6.07, 6.45) is 1.63. The van der Waals surface area contributed by atoms with E-state index in [4.69, 9.17) is 9.15 Å². The first kappa shape index (κ1) is 16.7. The maximum absolute atomic E-state index is 12.0. The first-order valence-corrected chi connectivity index (χ1v) is 8.81. The molecule has 0 amide bonds. The van der Waals surface area contributed by atoms with Crippen molar-refractivity contribution in [1.29, 1.82) is 0 Å². The number of benzene rings is 1. The summed E-state index contributed by atoms with van der Waals surface area (Å²) >= 11 is 0. The first-order valence-electron chi connectivity index (χ1n) is 8.81. The van der Waals surface area contributed by atoms with Crippen molar-refractivity contribution in [2.75, 3.05) is 44.7 Å². The Morgan fingerprint density at radius 3 is 2.69 bits per heavy atom. The van der Waals surface area contributed by atoms with Crippen molar-refractivity contribution in [1.82, 2.24) is 14.5 Å². The fraction of sp³-hybridized carbons (Fsp3) is 0.368. The highest BCUT2D eigenvalue weighted by atomic mass is 16.5. The van der Waals surface area contributed by atoms with Gasteiger partial charge in [-0.25, -0.2) is 9.78 Å². The van der Waals surface area contributed by atoms with Gasteiger partial charge in [-0.2, -0.15) is 0 Å². The number of aromatic nitrogens is 2. The Morgan fingerprint density at radius 2 is 1.88 bits per heavy atom. The molecule has 3 heterocycles. The molecule has 7 nitrogen and oxygen atoms in total. The van der Waals surface area contributed by atoms with Gasteiger partial charge in [0, 0.05) is 45.5 Å². The van der Waals surface area contributed by atoms with E-state index in [2.05, 4.69) is 20.9 Å². The monoisotopic (exact) mass is 354 g/mol. The number of para-hydroxylation sites is 2. The molecule has 26 heavy (non-hydrogen) atoms. The number of nitrogens with zero attached hydrogens (tertiary/aromatic N) is 4. The number of methoxy groups -OCH3 is 1. The molecule has 3 aromatic rings. The Morgan fingerprint density at radius 1 is 1.08 bits per heavy atom. The molecule has 0 saturated carbocycles. The molecule has 0 unspecified atom stereocenters. The maximum Gasteiger partial charge on any atom is 0.421 e. The van der Waals surface area contributed by atoms with E-state index in [0.717, 1.165) is 49.7 Å². The molecule has 0 atom stereocenters. The zero-order valence-electron chi connectivity index (χ0n) is 14.8. The average Bonchev–Trinajstić information content (AvgIpc) is 3.02. The highest BCUT2D eigenvalue weighted by Gasteiger charge is 2.20. The summed E-state index contributed by atoms with van der Waals surface area (Å²) in [7, 11) is 1.71. The standard InChI is InChI=1S/C19H22N4O3/c1-25-17-7-3-2-5-15(17)22-12-9-21(10-13-22)11-14-23-16-6-4-8-20-18(16)26-19(23)24/h2-8H,9-14H2,1H3. The van der Waals surface area contributed by atoms with Crippen LogP contribution in [0.4, 0.5) is 5.69 Å². The van der Waals surface area contributed by atoms with Gasteiger partial charge in [0.1, 0.15) is 11.3 Å². The van der Waals surface area contributed by atoms with Gasteiger partial charge in [-0.05, 0) is 24.3 Å². The molecular formula is C19H22N4O3. The van der Waals surface area contributed by atoms with E-state index in [1.165, 1.54) is 0 Å². The lowest BCUT2D eigenvalue weighted by Gasteiger charge is -2.36. The molecule has 0 bridgehead atoms. The summed E-state index contributed by atoms with van der Waals surface area (Å²) in [6, 6.07) is 11.8. The van der Waals surface area contributed by atoms with Gasteiger partial charge in [-0.3, -0.25) is 9.47 Å². The molecule has 1 saturated heterocycles. The lowest BCUT2D eigenvalue weighted by atomic mass is 10.2. The van der Waals surface area contributed by atoms with Crippen LogP contribution >= 0.6 is 0 Å². The van der Waals surface area contributed by atoms with Gasteiger partial charge in [0.15, 0.2) is 0 Å². The molecule has 4 rings (SSSR count). The molecule has 0 spiro atoms. The molecule has 1 aliphatic heterocycles. The van der Waals surface area contributed by atoms with Crippen LogP contribution in [0.15, 0.2) is 51.8 Å². The Kier molecular flexibility index (Phi) is 4.62. The van der Waals surface area contributed by atoms with Crippen LogP contribution in [0, 0.1) is 0 Å². The van der Waals surface area contributed by atoms with Gasteiger partial charge < -0.3 is 14.1 Å². The second-order valence-electron chi connectivity index (χ2n) is 6.35. The predicted octanol–water partition coefficient (Wildman–Crippen LogP) is 1.82. The number of oxazole rings is 1. The smallest absolute Gasteiger partial charge is 0.421 e. The van der Waals surface area contributed by atoms with Gasteiger partial charge in [0.25, 0.3) is 0 Å². The predicted molar refractivity (Wildman–Crippen MR) is 99.9 cm³/mol. The van der Waals surface area contributed by atoms with Crippen LogP contribution in [0.25, 0.3) is 11.2 Å². The van der Waals surface area contributed by atoms with Crippen LogP contribution in [0.1, 0.15) is 0 Å². The third-order valence-electron chi connectivity index (χ3n) is 4.88. The lowest BCUT2D eigenvalue weighted by Crippen LogP contribution is -2.47. The number of ether oxygens (including phenoxy) is 1. The number of pyridine rings is 1. The molecule has 0 N–H and O–H groups in total. The van der Waals surface area contributed by atoms with Crippen LogP contribution in [0.3, 0.4) is 0 Å². The molecule has 7 heteroatoms. The SMILES string of the molecule is COc1ccccc1N1CCN(CCn2c(=O)oc3ncccc32)CC1. The van der Waals surface area contributed by atoms with Gasteiger partial charge in [-0.1, -0.05) is 12.1 Å². The normalized spacial score (nSPS) is 15.5. The topological polar surface area (TPSA) is 63.7 Å². The Bertz CT molecular complexity index is 941. The van der Waals surface area contributed by atoms with Gasteiger partial charge >= 0.3 is 5.76 Å². The highest BCUT2D eigenvalue weighted by Crippen LogP contribution is 2.28. The minimum absolute atomic E-state index is 0.341. The van der Waals surface area contributed by atoms with E-state index in [9.17, 15) is 4.79 Å². The van der Waals surface area contributed by atoms with Crippen molar-refractivity contribution in [3.63, 3.8) is 0 Å². The number of hydrogen-bond donors (Lipinski definition) is 0. The average molecular weight is 354 g/mol. The number of hydrogen-bond acceptors (Lipinski definition) is 6. The van der Waals surface area contributed by atoms with Gasteiger partial charge in [0.05, 0.1) is 12.8 Å². The summed E-state index contributed by atoms with van der Waals surface area (Å²) < 4.78 is 12.3. The van der Waals surface area contributed by atoms with Crippen LogP contribution < -0.4 is 15.4 Å². The van der Waals surface area contributed by atoms with Crippen molar-refractivity contribution in [2.24, 2.45) is 0 Å². The number of rotatable bonds is 5. The molecule has 1 aliphatic rings. The third kappa shape index (κ3) is 3.17. The quantitative estimate of drug-likeness (QED) is 0.696. The van der Waals surface area contributed by atoms with Crippen molar-refractivity contribution >= 4 is 16.9 Å². The van der Waals surface area contributed by atoms with E-state index < -0.39 is 0 Å². The Balaban J connectivity index is 1.38. The lowest BCUT2D eigenvalue weighted by molar-refractivity contribution is 0.246. The highest BCUT2D eigenvalue weighted by molar-refractivity contribution is 5.67. The maximum atomic E-state index is 12.0. The van der Waals surface area contributed by atoms with E-state index in [1.807, 2.05) is 30.3 Å². The fourth-order valence-corrected chi connectivity index (χ4v) is 3.46. The zero-order valence-corrected chi connectivity index (χ0v) is 14.8.